The van der Waals surface area contributed by atoms with Gasteiger partial charge in [0.15, 0.2) is 0 Å². The molecule has 1 fully saturated rings. The van der Waals surface area contributed by atoms with Crippen molar-refractivity contribution in [2.24, 2.45) is 5.92 Å². The Labute approximate surface area is 202 Å². The molecule has 0 N–H and O–H groups in total. The van der Waals surface area contributed by atoms with E-state index in [1.165, 1.54) is 28.2 Å². The molecule has 4 rings (SSSR count). The van der Waals surface area contributed by atoms with Crippen LogP contribution in [-0.2, 0) is 19.5 Å². The minimum absolute atomic E-state index is 0.145. The summed E-state index contributed by atoms with van der Waals surface area (Å²) in [5.41, 5.74) is 5.12. The minimum atomic E-state index is 0.145. The van der Waals surface area contributed by atoms with Gasteiger partial charge in [-0.25, -0.2) is 0 Å². The van der Waals surface area contributed by atoms with Gasteiger partial charge in [-0.15, -0.1) is 11.3 Å². The molecule has 1 amide bonds. The molecule has 1 saturated heterocycles. The summed E-state index contributed by atoms with van der Waals surface area (Å²) in [7, 11) is 1.99. The van der Waals surface area contributed by atoms with Crippen LogP contribution in [0.4, 0.5) is 0 Å². The van der Waals surface area contributed by atoms with Crippen LogP contribution in [0.5, 0.6) is 0 Å². The summed E-state index contributed by atoms with van der Waals surface area (Å²) in [6.45, 7) is 10.5. The number of carbonyl (C=O) groups is 1. The number of rotatable bonds is 8. The number of thiophene rings is 1. The van der Waals surface area contributed by atoms with E-state index in [9.17, 15) is 4.79 Å². The number of hydrogen-bond acceptors (Lipinski definition) is 4. The third-order valence-electron chi connectivity index (χ3n) is 7.23. The van der Waals surface area contributed by atoms with Crippen LogP contribution in [0.25, 0.3) is 0 Å². The number of hydrogen-bond donors (Lipinski definition) is 0. The molecule has 0 unspecified atom stereocenters. The molecule has 1 aliphatic heterocycles. The monoisotopic (exact) mass is 464 g/mol. The molecule has 5 nitrogen and oxygen atoms in total. The fraction of sp³-hybridized carbons (Fsp3) is 0.481. The van der Waals surface area contributed by atoms with Crippen LogP contribution in [0.1, 0.15) is 52.0 Å². The van der Waals surface area contributed by atoms with E-state index in [2.05, 4.69) is 60.7 Å². The maximum atomic E-state index is 13.2. The lowest BCUT2D eigenvalue weighted by Crippen LogP contribution is -2.47. The first kappa shape index (κ1) is 23.7. The third kappa shape index (κ3) is 5.39. The van der Waals surface area contributed by atoms with Crippen LogP contribution < -0.4 is 0 Å². The first-order valence-corrected chi connectivity index (χ1v) is 13.0. The molecule has 0 bridgehead atoms. The zero-order valence-electron chi connectivity index (χ0n) is 20.3. The average Bonchev–Trinajstić information content (AvgIpc) is 3.47. The average molecular weight is 465 g/mol. The third-order valence-corrected chi connectivity index (χ3v) is 8.08. The number of likely N-dealkylation sites (tertiary alicyclic amines) is 1. The van der Waals surface area contributed by atoms with E-state index in [-0.39, 0.29) is 11.9 Å². The summed E-state index contributed by atoms with van der Waals surface area (Å²) in [4.78, 5) is 18.6. The van der Waals surface area contributed by atoms with Crippen molar-refractivity contribution in [1.82, 2.24) is 19.6 Å². The summed E-state index contributed by atoms with van der Waals surface area (Å²) in [6.07, 6.45) is 3.12. The molecule has 0 spiro atoms. The first-order valence-electron chi connectivity index (χ1n) is 12.1. The van der Waals surface area contributed by atoms with Crippen molar-refractivity contribution in [2.75, 3.05) is 20.1 Å². The van der Waals surface area contributed by atoms with Gasteiger partial charge in [0.25, 0.3) is 5.91 Å². The van der Waals surface area contributed by atoms with Crippen LogP contribution in [-0.4, -0.2) is 51.7 Å². The highest BCUT2D eigenvalue weighted by Crippen LogP contribution is 2.29. The van der Waals surface area contributed by atoms with Crippen LogP contribution >= 0.6 is 11.3 Å². The topological polar surface area (TPSA) is 41.4 Å². The summed E-state index contributed by atoms with van der Waals surface area (Å²) in [6, 6.07) is 14.7. The molecule has 2 aromatic heterocycles. The lowest BCUT2D eigenvalue weighted by atomic mass is 9.84. The maximum Gasteiger partial charge on any atom is 0.263 e. The van der Waals surface area contributed by atoms with Crippen LogP contribution in [0.2, 0.25) is 0 Å². The molecule has 3 heterocycles. The number of carbonyl (C=O) groups excluding carboxylic acids is 1. The number of aryl methyl sites for hydroxylation is 2. The molecule has 1 aromatic carbocycles. The second-order valence-electron chi connectivity index (χ2n) is 9.23. The van der Waals surface area contributed by atoms with Gasteiger partial charge < -0.3 is 4.90 Å². The number of likely N-dealkylation sites (N-methyl/N-ethyl adjacent to an activating group) is 1. The van der Waals surface area contributed by atoms with Gasteiger partial charge >= 0.3 is 0 Å². The molecule has 0 aliphatic carbocycles. The molecule has 0 saturated carbocycles. The SMILES string of the molecule is CCn1nc(C)c(CN2CCC([C@@H](Cc3ccccc3)N(C)C(=O)c3cccs3)CC2)c1C. The van der Waals surface area contributed by atoms with E-state index in [0.29, 0.717) is 5.92 Å². The van der Waals surface area contributed by atoms with Gasteiger partial charge in [0, 0.05) is 37.4 Å². The van der Waals surface area contributed by atoms with Crippen molar-refractivity contribution in [3.63, 3.8) is 0 Å². The minimum Gasteiger partial charge on any atom is -0.337 e. The summed E-state index contributed by atoms with van der Waals surface area (Å²) in [5, 5.41) is 6.68. The second kappa shape index (κ2) is 10.7. The summed E-state index contributed by atoms with van der Waals surface area (Å²) < 4.78 is 2.11. The van der Waals surface area contributed by atoms with Crippen LogP contribution in [0, 0.1) is 19.8 Å². The van der Waals surface area contributed by atoms with Crippen molar-refractivity contribution in [3.05, 3.63) is 75.2 Å². The predicted octanol–water partition coefficient (Wildman–Crippen LogP) is 5.18. The largest absolute Gasteiger partial charge is 0.337 e. The van der Waals surface area contributed by atoms with Gasteiger partial charge in [-0.3, -0.25) is 14.4 Å². The molecular weight excluding hydrogens is 428 g/mol. The Kier molecular flexibility index (Phi) is 7.66. The smallest absolute Gasteiger partial charge is 0.263 e. The van der Waals surface area contributed by atoms with E-state index in [0.717, 1.165) is 56.0 Å². The highest BCUT2D eigenvalue weighted by molar-refractivity contribution is 7.12. The zero-order chi connectivity index (χ0) is 23.4. The quantitative estimate of drug-likeness (QED) is 0.461. The van der Waals surface area contributed by atoms with E-state index in [1.807, 2.05) is 29.5 Å². The van der Waals surface area contributed by atoms with Gasteiger partial charge in [0.2, 0.25) is 0 Å². The molecule has 33 heavy (non-hydrogen) atoms. The van der Waals surface area contributed by atoms with Gasteiger partial charge in [-0.1, -0.05) is 36.4 Å². The molecular formula is C27H36N4OS. The van der Waals surface area contributed by atoms with E-state index in [4.69, 9.17) is 5.10 Å². The fourth-order valence-electron chi connectivity index (χ4n) is 5.19. The fourth-order valence-corrected chi connectivity index (χ4v) is 5.90. The lowest BCUT2D eigenvalue weighted by Gasteiger charge is -2.40. The van der Waals surface area contributed by atoms with E-state index >= 15 is 0 Å². The molecule has 3 aromatic rings. The van der Waals surface area contributed by atoms with Gasteiger partial charge in [-0.05, 0) is 76.1 Å². The Morgan fingerprint density at radius 1 is 1.15 bits per heavy atom. The number of amides is 1. The molecule has 176 valence electrons. The molecule has 1 aliphatic rings. The number of benzene rings is 1. The lowest BCUT2D eigenvalue weighted by molar-refractivity contribution is 0.0589. The Balaban J connectivity index is 1.46. The normalized spacial score (nSPS) is 16.1. The summed E-state index contributed by atoms with van der Waals surface area (Å²) >= 11 is 1.53. The Morgan fingerprint density at radius 3 is 2.48 bits per heavy atom. The van der Waals surface area contributed by atoms with Crippen molar-refractivity contribution >= 4 is 17.2 Å². The molecule has 1 atom stereocenters. The van der Waals surface area contributed by atoms with Crippen molar-refractivity contribution < 1.29 is 4.79 Å². The first-order chi connectivity index (χ1) is 16.0. The number of aromatic nitrogens is 2. The Hall–Kier alpha value is -2.44. The van der Waals surface area contributed by atoms with E-state index in [1.54, 1.807) is 0 Å². The van der Waals surface area contributed by atoms with Crippen molar-refractivity contribution in [2.45, 2.75) is 59.2 Å². The maximum absolute atomic E-state index is 13.2. The standard InChI is InChI=1S/C27H36N4OS/c1-5-31-21(3)24(20(2)28-31)19-30-15-13-23(14-16-30)25(18-22-10-7-6-8-11-22)29(4)27(32)26-12-9-17-33-26/h6-12,17,23,25H,5,13-16,18-19H2,1-4H3/t25-/m1/s1. The Morgan fingerprint density at radius 2 is 1.88 bits per heavy atom. The highest BCUT2D eigenvalue weighted by Gasteiger charge is 2.32. The second-order valence-corrected chi connectivity index (χ2v) is 10.2. The number of piperidine rings is 1. The van der Waals surface area contributed by atoms with Gasteiger partial charge in [-0.2, -0.15) is 5.10 Å². The predicted molar refractivity (Wildman–Crippen MR) is 136 cm³/mol. The van der Waals surface area contributed by atoms with Crippen molar-refractivity contribution in [3.8, 4) is 0 Å². The van der Waals surface area contributed by atoms with Crippen LogP contribution in [0.15, 0.2) is 47.8 Å². The molecule has 6 heteroatoms. The number of nitrogens with zero attached hydrogens (tertiary/aromatic N) is 4. The van der Waals surface area contributed by atoms with Crippen LogP contribution in [0.3, 0.4) is 0 Å². The zero-order valence-corrected chi connectivity index (χ0v) is 21.1. The van der Waals surface area contributed by atoms with E-state index < -0.39 is 0 Å². The highest BCUT2D eigenvalue weighted by atomic mass is 32.1. The molecule has 0 radical (unpaired) electrons. The van der Waals surface area contributed by atoms with Gasteiger partial charge in [0.1, 0.15) is 0 Å². The summed E-state index contributed by atoms with van der Waals surface area (Å²) in [5.74, 6) is 0.641. The van der Waals surface area contributed by atoms with Crippen molar-refractivity contribution in [1.29, 1.82) is 0 Å². The Bertz CT molecular complexity index is 1040. The van der Waals surface area contributed by atoms with Gasteiger partial charge in [0.05, 0.1) is 10.6 Å².